The zero-order chi connectivity index (χ0) is 18.4. The second-order valence-corrected chi connectivity index (χ2v) is 6.86. The Labute approximate surface area is 155 Å². The molecule has 2 aromatic rings. The first-order valence-electron chi connectivity index (χ1n) is 9.42. The third-order valence-corrected chi connectivity index (χ3v) is 4.97. The minimum atomic E-state index is -0.112. The van der Waals surface area contributed by atoms with Crippen molar-refractivity contribution in [2.45, 2.75) is 32.2 Å². The maximum Gasteiger partial charge on any atom is 0.289 e. The van der Waals surface area contributed by atoms with Crippen LogP contribution in [0.3, 0.4) is 0 Å². The molecule has 1 saturated heterocycles. The molecule has 5 nitrogen and oxygen atoms in total. The topological polar surface area (TPSA) is 45.9 Å². The molecule has 140 valence electrons. The lowest BCUT2D eigenvalue weighted by Crippen LogP contribution is -2.32. The van der Waals surface area contributed by atoms with Crippen molar-refractivity contribution in [3.8, 4) is 5.75 Å². The largest absolute Gasteiger partial charge is 0.492 e. The van der Waals surface area contributed by atoms with Gasteiger partial charge in [0.2, 0.25) is 0 Å². The number of likely N-dealkylation sites (N-methyl/N-ethyl adjacent to an activating group) is 1. The van der Waals surface area contributed by atoms with E-state index in [-0.39, 0.29) is 11.9 Å². The van der Waals surface area contributed by atoms with Crippen LogP contribution in [0, 0.1) is 0 Å². The van der Waals surface area contributed by atoms with Crippen LogP contribution < -0.4 is 4.74 Å². The number of amides is 1. The highest BCUT2D eigenvalue weighted by molar-refractivity contribution is 5.91. The Hall–Kier alpha value is -2.27. The fraction of sp³-hybridized carbons (Fsp3) is 0.476. The molecule has 2 heterocycles. The molecular weight excluding hydrogens is 328 g/mol. The normalized spacial score (nSPS) is 16.2. The van der Waals surface area contributed by atoms with Gasteiger partial charge in [0.1, 0.15) is 18.1 Å². The van der Waals surface area contributed by atoms with Gasteiger partial charge in [0.15, 0.2) is 5.76 Å². The predicted octanol–water partition coefficient (Wildman–Crippen LogP) is 3.98. The van der Waals surface area contributed by atoms with Crippen molar-refractivity contribution in [1.82, 2.24) is 9.80 Å². The highest BCUT2D eigenvalue weighted by Crippen LogP contribution is 2.26. The average Bonchev–Trinajstić information content (AvgIpc) is 3.18. The Balaban J connectivity index is 1.51. The zero-order valence-electron chi connectivity index (χ0n) is 15.7. The Bertz CT molecular complexity index is 692. The number of ether oxygens (including phenoxy) is 1. The summed E-state index contributed by atoms with van der Waals surface area (Å²) in [7, 11) is 1.77. The van der Waals surface area contributed by atoms with Crippen molar-refractivity contribution < 1.29 is 13.9 Å². The van der Waals surface area contributed by atoms with Gasteiger partial charge in [-0.1, -0.05) is 24.6 Å². The first-order chi connectivity index (χ1) is 12.6. The summed E-state index contributed by atoms with van der Waals surface area (Å²) >= 11 is 0. The molecule has 1 aromatic carbocycles. The molecule has 1 atom stereocenters. The summed E-state index contributed by atoms with van der Waals surface area (Å²) in [5, 5.41) is 0. The van der Waals surface area contributed by atoms with E-state index in [9.17, 15) is 4.79 Å². The van der Waals surface area contributed by atoms with Crippen molar-refractivity contribution in [2.75, 3.05) is 33.3 Å². The van der Waals surface area contributed by atoms with Crippen molar-refractivity contribution in [3.63, 3.8) is 0 Å². The number of para-hydroxylation sites is 1. The lowest BCUT2D eigenvalue weighted by atomic mass is 10.1. The van der Waals surface area contributed by atoms with E-state index in [0.29, 0.717) is 18.9 Å². The van der Waals surface area contributed by atoms with E-state index in [2.05, 4.69) is 11.8 Å². The fourth-order valence-electron chi connectivity index (χ4n) is 3.28. The standard InChI is InChI=1S/C21H28N2O3/c1-17(23-13-7-4-8-14-23)19-11-12-20(26-19)21(24)22(2)15-16-25-18-9-5-3-6-10-18/h3,5-6,9-12,17H,4,7-8,13-16H2,1-2H3. The lowest BCUT2D eigenvalue weighted by molar-refractivity contribution is 0.0734. The number of hydrogen-bond acceptors (Lipinski definition) is 4. The van der Waals surface area contributed by atoms with Crippen LogP contribution in [0.5, 0.6) is 5.75 Å². The average molecular weight is 356 g/mol. The number of carbonyl (C=O) groups is 1. The minimum Gasteiger partial charge on any atom is -0.492 e. The van der Waals surface area contributed by atoms with Crippen LogP contribution >= 0.6 is 0 Å². The quantitative estimate of drug-likeness (QED) is 0.753. The highest BCUT2D eigenvalue weighted by Gasteiger charge is 2.23. The third-order valence-electron chi connectivity index (χ3n) is 4.97. The highest BCUT2D eigenvalue weighted by atomic mass is 16.5. The molecule has 1 aromatic heterocycles. The van der Waals surface area contributed by atoms with Gasteiger partial charge in [0.25, 0.3) is 5.91 Å². The molecule has 1 unspecified atom stereocenters. The van der Waals surface area contributed by atoms with Crippen LogP contribution in [0.25, 0.3) is 0 Å². The van der Waals surface area contributed by atoms with Crippen molar-refractivity contribution in [3.05, 3.63) is 54.0 Å². The van der Waals surface area contributed by atoms with E-state index in [1.54, 1.807) is 18.0 Å². The number of furan rings is 1. The molecule has 0 aliphatic carbocycles. The van der Waals surface area contributed by atoms with Gasteiger partial charge in [0.05, 0.1) is 12.6 Å². The number of likely N-dealkylation sites (tertiary alicyclic amines) is 1. The van der Waals surface area contributed by atoms with Crippen LogP contribution in [-0.2, 0) is 0 Å². The van der Waals surface area contributed by atoms with Crippen molar-refractivity contribution in [2.24, 2.45) is 0 Å². The lowest BCUT2D eigenvalue weighted by Gasteiger charge is -2.31. The van der Waals surface area contributed by atoms with Gasteiger partial charge in [-0.15, -0.1) is 0 Å². The van der Waals surface area contributed by atoms with E-state index in [1.165, 1.54) is 19.3 Å². The van der Waals surface area contributed by atoms with E-state index >= 15 is 0 Å². The molecular formula is C21H28N2O3. The van der Waals surface area contributed by atoms with Crippen LogP contribution in [0.4, 0.5) is 0 Å². The zero-order valence-corrected chi connectivity index (χ0v) is 15.7. The van der Waals surface area contributed by atoms with E-state index in [1.807, 2.05) is 36.4 Å². The van der Waals surface area contributed by atoms with E-state index in [4.69, 9.17) is 9.15 Å². The number of carbonyl (C=O) groups excluding carboxylic acids is 1. The predicted molar refractivity (Wildman–Crippen MR) is 101 cm³/mol. The van der Waals surface area contributed by atoms with Crippen molar-refractivity contribution >= 4 is 5.91 Å². The van der Waals surface area contributed by atoms with Crippen LogP contribution in [-0.4, -0.2) is 49.0 Å². The summed E-state index contributed by atoms with van der Waals surface area (Å²) in [6, 6.07) is 13.5. The first-order valence-corrected chi connectivity index (χ1v) is 9.42. The van der Waals surface area contributed by atoms with Gasteiger partial charge in [-0.25, -0.2) is 0 Å². The van der Waals surface area contributed by atoms with Crippen LogP contribution in [0.15, 0.2) is 46.9 Å². The maximum absolute atomic E-state index is 12.6. The van der Waals surface area contributed by atoms with Crippen LogP contribution in [0.1, 0.15) is 48.5 Å². The fourth-order valence-corrected chi connectivity index (χ4v) is 3.28. The summed E-state index contributed by atoms with van der Waals surface area (Å²) in [6.45, 7) is 5.30. The molecule has 1 amide bonds. The minimum absolute atomic E-state index is 0.112. The molecule has 1 aliphatic heterocycles. The number of hydrogen-bond donors (Lipinski definition) is 0. The summed E-state index contributed by atoms with van der Waals surface area (Å²) in [5.74, 6) is 1.96. The Morgan fingerprint density at radius 1 is 1.15 bits per heavy atom. The Morgan fingerprint density at radius 2 is 1.88 bits per heavy atom. The van der Waals surface area contributed by atoms with Crippen molar-refractivity contribution in [1.29, 1.82) is 0 Å². The van der Waals surface area contributed by atoms with Gasteiger partial charge in [0, 0.05) is 7.05 Å². The van der Waals surface area contributed by atoms with Gasteiger partial charge in [-0.2, -0.15) is 0 Å². The summed E-state index contributed by atoms with van der Waals surface area (Å²) < 4.78 is 11.5. The first kappa shape index (κ1) is 18.5. The molecule has 5 heteroatoms. The molecule has 3 rings (SSSR count). The monoisotopic (exact) mass is 356 g/mol. The molecule has 0 radical (unpaired) electrons. The molecule has 0 bridgehead atoms. The SMILES string of the molecule is CC(c1ccc(C(=O)N(C)CCOc2ccccc2)o1)N1CCCCC1. The molecule has 1 aliphatic rings. The second kappa shape index (κ2) is 8.90. The second-order valence-electron chi connectivity index (χ2n) is 6.86. The van der Waals surface area contributed by atoms with Gasteiger partial charge >= 0.3 is 0 Å². The third kappa shape index (κ3) is 4.67. The number of piperidine rings is 1. The smallest absolute Gasteiger partial charge is 0.289 e. The maximum atomic E-state index is 12.6. The van der Waals surface area contributed by atoms with Gasteiger partial charge in [-0.3, -0.25) is 9.69 Å². The molecule has 0 N–H and O–H groups in total. The summed E-state index contributed by atoms with van der Waals surface area (Å²) in [5.41, 5.74) is 0. The van der Waals surface area contributed by atoms with Gasteiger partial charge in [-0.05, 0) is 57.1 Å². The Morgan fingerprint density at radius 3 is 2.62 bits per heavy atom. The van der Waals surface area contributed by atoms with Gasteiger partial charge < -0.3 is 14.1 Å². The summed E-state index contributed by atoms with van der Waals surface area (Å²) in [6.07, 6.45) is 3.78. The number of nitrogens with zero attached hydrogens (tertiary/aromatic N) is 2. The van der Waals surface area contributed by atoms with E-state index < -0.39 is 0 Å². The molecule has 0 spiro atoms. The number of benzene rings is 1. The Kier molecular flexibility index (Phi) is 6.34. The molecule has 0 saturated carbocycles. The van der Waals surface area contributed by atoms with E-state index in [0.717, 1.165) is 24.6 Å². The van der Waals surface area contributed by atoms with Crippen LogP contribution in [0.2, 0.25) is 0 Å². The molecule has 1 fully saturated rings. The number of rotatable bonds is 7. The molecule has 26 heavy (non-hydrogen) atoms. The summed E-state index contributed by atoms with van der Waals surface area (Å²) in [4.78, 5) is 16.6.